The van der Waals surface area contributed by atoms with E-state index >= 15 is 0 Å². The minimum atomic E-state index is -0.291. The maximum Gasteiger partial charge on any atom is 0.177 e. The highest BCUT2D eigenvalue weighted by molar-refractivity contribution is 4.92. The molecule has 2 aliphatic rings. The molecule has 2 rings (SSSR count). The zero-order valence-corrected chi connectivity index (χ0v) is 14.8. The van der Waals surface area contributed by atoms with Gasteiger partial charge in [0.1, 0.15) is 25.3 Å². The molecular weight excluding hydrogens is 284 g/mol. The van der Waals surface area contributed by atoms with E-state index in [1.54, 1.807) is 0 Å². The molecule has 2 saturated heterocycles. The van der Waals surface area contributed by atoms with E-state index in [0.717, 1.165) is 22.1 Å². The minimum absolute atomic E-state index is 0.144. The molecule has 0 bridgehead atoms. The molecule has 128 valence electrons. The molecule has 6 heteroatoms. The Morgan fingerprint density at radius 1 is 0.727 bits per heavy atom. The largest absolute Gasteiger partial charge is 0.346 e. The van der Waals surface area contributed by atoms with Crippen LogP contribution in [-0.4, -0.2) is 102 Å². The van der Waals surface area contributed by atoms with E-state index < -0.39 is 0 Å². The van der Waals surface area contributed by atoms with Gasteiger partial charge in [-0.1, -0.05) is 0 Å². The van der Waals surface area contributed by atoms with E-state index in [9.17, 15) is 0 Å². The van der Waals surface area contributed by atoms with Crippen molar-refractivity contribution in [3.05, 3.63) is 12.2 Å². The number of likely N-dealkylation sites (N-methyl/N-ethyl adjacent to an activating group) is 2. The highest BCUT2D eigenvalue weighted by Crippen LogP contribution is 2.18. The van der Waals surface area contributed by atoms with Crippen LogP contribution >= 0.6 is 0 Å². The lowest BCUT2D eigenvalue weighted by atomic mass is 10.3. The highest BCUT2D eigenvalue weighted by atomic mass is 16.7. The maximum absolute atomic E-state index is 5.87. The zero-order chi connectivity index (χ0) is 16.4. The molecule has 0 aromatic heterocycles. The first kappa shape index (κ1) is 17.8. The number of nitrogens with zero attached hydrogens (tertiary/aromatic N) is 2. The predicted octanol–water partition coefficient (Wildman–Crippen LogP) is 0.438. The minimum Gasteiger partial charge on any atom is -0.346 e. The standard InChI is InChI=1S/C16H32N2O4/c1-17(2,3)9-13-11-19-15(21-13)7-8-16-20-12-14(22-16)10-18(4,5)6/h7-8,13-16H,9-12H2,1-6H3/q+2/b8-7+. The Hall–Kier alpha value is -0.500. The summed E-state index contributed by atoms with van der Waals surface area (Å²) in [5.74, 6) is 0. The fraction of sp³-hybridized carbons (Fsp3) is 0.875. The van der Waals surface area contributed by atoms with Gasteiger partial charge in [-0.25, -0.2) is 0 Å². The van der Waals surface area contributed by atoms with Crippen LogP contribution in [0.3, 0.4) is 0 Å². The van der Waals surface area contributed by atoms with Crippen molar-refractivity contribution >= 4 is 0 Å². The molecule has 6 nitrogen and oxygen atoms in total. The SMILES string of the molecule is C[N+](C)(C)CC1COC(/C=C/C2OCC(C[N+](C)(C)C)O2)O1. The first-order valence-corrected chi connectivity index (χ1v) is 7.94. The van der Waals surface area contributed by atoms with Crippen molar-refractivity contribution < 1.29 is 27.9 Å². The second-order valence-electron chi connectivity index (χ2n) is 8.25. The Bertz CT molecular complexity index is 351. The molecule has 2 aliphatic heterocycles. The molecule has 0 saturated carbocycles. The van der Waals surface area contributed by atoms with E-state index in [-0.39, 0.29) is 24.8 Å². The van der Waals surface area contributed by atoms with Crippen molar-refractivity contribution in [2.75, 3.05) is 68.6 Å². The Morgan fingerprint density at radius 2 is 1.09 bits per heavy atom. The highest BCUT2D eigenvalue weighted by Gasteiger charge is 2.31. The Morgan fingerprint density at radius 3 is 1.41 bits per heavy atom. The number of rotatable bonds is 6. The molecule has 0 N–H and O–H groups in total. The van der Waals surface area contributed by atoms with E-state index in [2.05, 4.69) is 42.3 Å². The van der Waals surface area contributed by atoms with Gasteiger partial charge in [0.25, 0.3) is 0 Å². The van der Waals surface area contributed by atoms with Gasteiger partial charge in [0.2, 0.25) is 0 Å². The van der Waals surface area contributed by atoms with Crippen LogP contribution in [0.1, 0.15) is 0 Å². The molecule has 0 aliphatic carbocycles. The van der Waals surface area contributed by atoms with Gasteiger partial charge < -0.3 is 27.9 Å². The van der Waals surface area contributed by atoms with Crippen LogP contribution in [0, 0.1) is 0 Å². The van der Waals surface area contributed by atoms with Crippen LogP contribution in [-0.2, 0) is 18.9 Å². The van der Waals surface area contributed by atoms with Gasteiger partial charge in [-0.05, 0) is 12.2 Å². The average molecular weight is 316 g/mol. The third kappa shape index (κ3) is 6.32. The van der Waals surface area contributed by atoms with E-state index in [1.807, 2.05) is 12.2 Å². The smallest absolute Gasteiger partial charge is 0.177 e. The molecule has 0 amide bonds. The van der Waals surface area contributed by atoms with Crippen LogP contribution in [0.2, 0.25) is 0 Å². The van der Waals surface area contributed by atoms with Crippen molar-refractivity contribution in [1.29, 1.82) is 0 Å². The molecule has 22 heavy (non-hydrogen) atoms. The van der Waals surface area contributed by atoms with Gasteiger partial charge in [0, 0.05) is 0 Å². The average Bonchev–Trinajstić information content (AvgIpc) is 2.92. The quantitative estimate of drug-likeness (QED) is 0.526. The summed E-state index contributed by atoms with van der Waals surface area (Å²) < 4.78 is 24.8. The van der Waals surface area contributed by atoms with Crippen LogP contribution < -0.4 is 0 Å². The molecule has 0 aromatic rings. The first-order chi connectivity index (χ1) is 10.1. The number of ether oxygens (including phenoxy) is 4. The number of quaternary nitrogens is 2. The van der Waals surface area contributed by atoms with Crippen molar-refractivity contribution in [3.63, 3.8) is 0 Å². The van der Waals surface area contributed by atoms with Crippen LogP contribution in [0.4, 0.5) is 0 Å². The summed E-state index contributed by atoms with van der Waals surface area (Å²) in [4.78, 5) is 0. The second kappa shape index (κ2) is 6.95. The van der Waals surface area contributed by atoms with Crippen molar-refractivity contribution in [2.24, 2.45) is 0 Å². The molecule has 0 aromatic carbocycles. The molecule has 2 fully saturated rings. The van der Waals surface area contributed by atoms with Gasteiger partial charge in [-0.3, -0.25) is 0 Å². The topological polar surface area (TPSA) is 36.9 Å². The normalized spacial score (nSPS) is 33.9. The Balaban J connectivity index is 1.73. The third-order valence-electron chi connectivity index (χ3n) is 3.47. The van der Waals surface area contributed by atoms with Gasteiger partial charge in [-0.15, -0.1) is 0 Å². The van der Waals surface area contributed by atoms with Crippen molar-refractivity contribution in [2.45, 2.75) is 24.8 Å². The zero-order valence-electron chi connectivity index (χ0n) is 14.8. The Kier molecular flexibility index (Phi) is 5.63. The van der Waals surface area contributed by atoms with Crippen molar-refractivity contribution in [1.82, 2.24) is 0 Å². The lowest BCUT2D eigenvalue weighted by molar-refractivity contribution is -0.873. The summed E-state index contributed by atoms with van der Waals surface area (Å²) in [6, 6.07) is 0. The lowest BCUT2D eigenvalue weighted by Crippen LogP contribution is -2.42. The molecule has 0 spiro atoms. The first-order valence-electron chi connectivity index (χ1n) is 7.94. The van der Waals surface area contributed by atoms with Gasteiger partial charge in [0.15, 0.2) is 12.6 Å². The molecule has 0 radical (unpaired) electrons. The predicted molar refractivity (Wildman–Crippen MR) is 84.2 cm³/mol. The lowest BCUT2D eigenvalue weighted by Gasteiger charge is -2.26. The monoisotopic (exact) mass is 316 g/mol. The molecule has 2 heterocycles. The van der Waals surface area contributed by atoms with Gasteiger partial charge in [-0.2, -0.15) is 0 Å². The molecule has 4 unspecified atom stereocenters. The van der Waals surface area contributed by atoms with Crippen LogP contribution in [0.5, 0.6) is 0 Å². The summed E-state index contributed by atoms with van der Waals surface area (Å²) in [5.41, 5.74) is 0. The fourth-order valence-corrected chi connectivity index (χ4v) is 2.74. The summed E-state index contributed by atoms with van der Waals surface area (Å²) in [5, 5.41) is 0. The van der Waals surface area contributed by atoms with Gasteiger partial charge >= 0.3 is 0 Å². The second-order valence-corrected chi connectivity index (χ2v) is 8.25. The summed E-state index contributed by atoms with van der Waals surface area (Å²) >= 11 is 0. The molecular formula is C16H32N2O4+2. The fourth-order valence-electron chi connectivity index (χ4n) is 2.74. The summed E-state index contributed by atoms with van der Waals surface area (Å²) in [6.07, 6.45) is 3.50. The van der Waals surface area contributed by atoms with Crippen LogP contribution in [0.15, 0.2) is 12.2 Å². The van der Waals surface area contributed by atoms with E-state index in [0.29, 0.717) is 13.2 Å². The number of hydrogen-bond donors (Lipinski definition) is 0. The van der Waals surface area contributed by atoms with Gasteiger partial charge in [0.05, 0.1) is 55.5 Å². The summed E-state index contributed by atoms with van der Waals surface area (Å²) in [6.45, 7) is 3.15. The van der Waals surface area contributed by atoms with Crippen molar-refractivity contribution in [3.8, 4) is 0 Å². The third-order valence-corrected chi connectivity index (χ3v) is 3.47. The Labute approximate surface area is 134 Å². The summed E-state index contributed by atoms with van der Waals surface area (Å²) in [7, 11) is 12.9. The molecule has 4 atom stereocenters. The van der Waals surface area contributed by atoms with E-state index in [4.69, 9.17) is 18.9 Å². The number of hydrogen-bond acceptors (Lipinski definition) is 4. The van der Waals surface area contributed by atoms with E-state index in [1.165, 1.54) is 0 Å². The van der Waals surface area contributed by atoms with Crippen LogP contribution in [0.25, 0.3) is 0 Å². The maximum atomic E-state index is 5.87.